The molecule has 42 heavy (non-hydrogen) atoms. The molecule has 16 heteroatoms. The highest BCUT2D eigenvalue weighted by atomic mass is 35.5. The summed E-state index contributed by atoms with van der Waals surface area (Å²) in [5.74, 6) is -4.68. The zero-order chi connectivity index (χ0) is 30.6. The van der Waals surface area contributed by atoms with Crippen LogP contribution in [0.15, 0.2) is 48.5 Å². The van der Waals surface area contributed by atoms with Crippen molar-refractivity contribution in [2.75, 3.05) is 11.9 Å². The van der Waals surface area contributed by atoms with E-state index in [1.165, 1.54) is 36.4 Å². The van der Waals surface area contributed by atoms with E-state index in [1.807, 2.05) is 0 Å². The minimum Gasteiger partial charge on any atom is -0.492 e. The van der Waals surface area contributed by atoms with Crippen LogP contribution in [0.4, 0.5) is 18.9 Å². The van der Waals surface area contributed by atoms with E-state index in [0.29, 0.717) is 4.73 Å². The minimum absolute atomic E-state index is 0.0145. The molecule has 2 heterocycles. The summed E-state index contributed by atoms with van der Waals surface area (Å²) in [5, 5.41) is 21.5. The van der Waals surface area contributed by atoms with Gasteiger partial charge in [0.2, 0.25) is 17.6 Å². The number of anilines is 1. The molecule has 0 aliphatic heterocycles. The lowest BCUT2D eigenvalue weighted by Crippen LogP contribution is -2.20. The minimum atomic E-state index is -4.88. The van der Waals surface area contributed by atoms with Gasteiger partial charge >= 0.3 is 18.1 Å². The Morgan fingerprint density at radius 2 is 1.55 bits per heavy atom. The molecule has 0 unspecified atom stereocenters. The fourth-order valence-electron chi connectivity index (χ4n) is 3.93. The van der Waals surface area contributed by atoms with Crippen LogP contribution in [-0.4, -0.2) is 48.9 Å². The highest BCUT2D eigenvalue weighted by molar-refractivity contribution is 6.40. The van der Waals surface area contributed by atoms with Crippen LogP contribution in [-0.2, 0) is 27.0 Å². The van der Waals surface area contributed by atoms with E-state index in [9.17, 15) is 37.8 Å². The summed E-state index contributed by atoms with van der Waals surface area (Å²) in [7, 11) is 0. The topological polar surface area (TPSA) is 145 Å². The number of carbonyl (C=O) groups excluding carboxylic acids is 3. The van der Waals surface area contributed by atoms with Gasteiger partial charge in [-0.25, -0.2) is 9.78 Å². The van der Waals surface area contributed by atoms with Gasteiger partial charge in [0.15, 0.2) is 0 Å². The number of hydrogen-bond acceptors (Lipinski definition) is 8. The summed E-state index contributed by atoms with van der Waals surface area (Å²) in [6.07, 6.45) is -5.43. The molecule has 1 amide bonds. The second-order valence-electron chi connectivity index (χ2n) is 8.69. The molecule has 11 nitrogen and oxygen atoms in total. The van der Waals surface area contributed by atoms with Crippen molar-refractivity contribution in [2.24, 2.45) is 0 Å². The average Bonchev–Trinajstić information content (AvgIpc) is 3.44. The summed E-state index contributed by atoms with van der Waals surface area (Å²) in [4.78, 5) is 45.3. The van der Waals surface area contributed by atoms with Gasteiger partial charge in [0.25, 0.3) is 5.91 Å². The van der Waals surface area contributed by atoms with Crippen molar-refractivity contribution in [1.82, 2.24) is 14.3 Å². The van der Waals surface area contributed by atoms with Gasteiger partial charge < -0.3 is 29.7 Å². The van der Waals surface area contributed by atoms with Crippen molar-refractivity contribution >= 4 is 57.8 Å². The monoisotopic (exact) mass is 628 g/mol. The molecule has 0 radical (unpaired) electrons. The Balaban J connectivity index is 1.40. The Morgan fingerprint density at radius 3 is 2.19 bits per heavy atom. The molecular formula is C26H21Cl2F3N4O7. The molecule has 4 rings (SSSR count). The van der Waals surface area contributed by atoms with Crippen LogP contribution in [0.25, 0.3) is 11.0 Å². The predicted molar refractivity (Wildman–Crippen MR) is 143 cm³/mol. The highest BCUT2D eigenvalue weighted by Crippen LogP contribution is 2.34. The molecule has 0 aliphatic rings. The lowest BCUT2D eigenvalue weighted by molar-refractivity contribution is -0.148. The molecular weight excluding hydrogens is 608 g/mol. The number of nitrogens with one attached hydrogen (secondary N) is 1. The van der Waals surface area contributed by atoms with E-state index >= 15 is 0 Å². The van der Waals surface area contributed by atoms with Gasteiger partial charge in [-0.05, 0) is 30.7 Å². The molecule has 0 fully saturated rings. The Morgan fingerprint density at radius 1 is 0.929 bits per heavy atom. The number of para-hydroxylation sites is 1. The number of hydrogen-bond donors (Lipinski definition) is 3. The zero-order valence-corrected chi connectivity index (χ0v) is 22.8. The maximum atomic E-state index is 13.9. The van der Waals surface area contributed by atoms with Gasteiger partial charge in [-0.3, -0.25) is 9.59 Å². The van der Waals surface area contributed by atoms with E-state index in [-0.39, 0.29) is 51.6 Å². The van der Waals surface area contributed by atoms with Gasteiger partial charge in [-0.2, -0.15) is 13.2 Å². The summed E-state index contributed by atoms with van der Waals surface area (Å²) in [5.41, 5.74) is -0.232. The number of aromatic nitrogens is 3. The number of carbonyl (C=O) groups is 3. The van der Waals surface area contributed by atoms with Crippen molar-refractivity contribution in [3.63, 3.8) is 0 Å². The summed E-state index contributed by atoms with van der Waals surface area (Å²) in [6, 6.07) is 10.8. The van der Waals surface area contributed by atoms with Crippen LogP contribution in [0.1, 0.15) is 35.4 Å². The van der Waals surface area contributed by atoms with Crippen molar-refractivity contribution in [2.45, 2.75) is 32.0 Å². The predicted octanol–water partition coefficient (Wildman–Crippen LogP) is 5.20. The Labute approximate surface area is 244 Å². The Kier molecular flexibility index (Phi) is 9.17. The van der Waals surface area contributed by atoms with Gasteiger partial charge in [0.1, 0.15) is 12.1 Å². The molecule has 0 saturated heterocycles. The number of benzene rings is 2. The quantitative estimate of drug-likeness (QED) is 0.203. The first kappa shape index (κ1) is 30.5. The number of halogens is 5. The first-order valence-corrected chi connectivity index (χ1v) is 12.9. The zero-order valence-electron chi connectivity index (χ0n) is 21.3. The van der Waals surface area contributed by atoms with Crippen LogP contribution in [0.3, 0.4) is 0 Å². The van der Waals surface area contributed by atoms with Gasteiger partial charge in [-0.1, -0.05) is 35.3 Å². The maximum Gasteiger partial charge on any atom is 0.449 e. The van der Waals surface area contributed by atoms with Crippen molar-refractivity contribution in [3.8, 4) is 11.8 Å². The number of rotatable bonds is 10. The van der Waals surface area contributed by atoms with E-state index in [4.69, 9.17) is 32.8 Å². The second kappa shape index (κ2) is 12.6. The number of nitrogens with zero attached hydrogens (tertiary/aromatic N) is 3. The van der Waals surface area contributed by atoms with Crippen LogP contribution in [0.5, 0.6) is 11.8 Å². The summed E-state index contributed by atoms with van der Waals surface area (Å²) < 4.78 is 48.0. The fourth-order valence-corrected chi connectivity index (χ4v) is 4.50. The molecule has 0 spiro atoms. The van der Waals surface area contributed by atoms with Crippen molar-refractivity contribution in [3.05, 3.63) is 70.0 Å². The van der Waals surface area contributed by atoms with E-state index in [0.717, 1.165) is 16.7 Å². The van der Waals surface area contributed by atoms with E-state index in [1.54, 1.807) is 0 Å². The number of amides is 1. The van der Waals surface area contributed by atoms with Crippen LogP contribution in [0, 0.1) is 0 Å². The third kappa shape index (κ3) is 6.89. The normalized spacial score (nSPS) is 11.5. The lowest BCUT2D eigenvalue weighted by Gasteiger charge is -2.12. The van der Waals surface area contributed by atoms with E-state index in [2.05, 4.69) is 10.3 Å². The van der Waals surface area contributed by atoms with Gasteiger partial charge in [-0.15, -0.1) is 4.73 Å². The molecule has 0 saturated carbocycles. The average molecular weight is 629 g/mol. The molecule has 4 aromatic rings. The summed E-state index contributed by atoms with van der Waals surface area (Å²) >= 11 is 12.1. The SMILES string of the molecule is O=C(CCCC(=O)On1c(O)ccc1O)OCCn1c(C(F)(F)F)nc2c(NC(=O)c3c(Cl)cccc3Cl)cccc21. The largest absolute Gasteiger partial charge is 0.492 e. The second-order valence-corrected chi connectivity index (χ2v) is 9.50. The molecule has 2 aromatic carbocycles. The van der Waals surface area contributed by atoms with E-state index < -0.39 is 54.8 Å². The lowest BCUT2D eigenvalue weighted by atomic mass is 10.2. The van der Waals surface area contributed by atoms with Crippen LogP contribution < -0.4 is 10.2 Å². The maximum absolute atomic E-state index is 13.9. The third-order valence-corrected chi connectivity index (χ3v) is 6.43. The first-order valence-electron chi connectivity index (χ1n) is 12.1. The number of imidazole rings is 1. The molecule has 0 aliphatic carbocycles. The fraction of sp³-hybridized carbons (Fsp3) is 0.231. The molecule has 0 bridgehead atoms. The van der Waals surface area contributed by atoms with Gasteiger partial charge in [0, 0.05) is 25.0 Å². The van der Waals surface area contributed by atoms with Crippen LogP contribution in [0.2, 0.25) is 10.0 Å². The highest BCUT2D eigenvalue weighted by Gasteiger charge is 2.38. The standard InChI is InChI=1S/C26H21Cl2F3N4O7/c27-14-4-1-5-15(28)22(14)24(40)32-16-6-2-7-17-23(16)33-25(26(29,30)31)34(17)12-13-41-20(38)8-3-9-21(39)42-35-18(36)10-11-19(35)37/h1-2,4-7,10-11,36-37H,3,8-9,12-13H2,(H,32,40). The van der Waals surface area contributed by atoms with Crippen LogP contribution >= 0.6 is 23.2 Å². The van der Waals surface area contributed by atoms with Gasteiger partial charge in [0.05, 0.1) is 33.4 Å². The number of ether oxygens (including phenoxy) is 1. The summed E-state index contributed by atoms with van der Waals surface area (Å²) in [6.45, 7) is -0.867. The number of fused-ring (bicyclic) bond motifs is 1. The number of alkyl halides is 3. The van der Waals surface area contributed by atoms with Crippen molar-refractivity contribution in [1.29, 1.82) is 0 Å². The molecule has 222 valence electrons. The smallest absolute Gasteiger partial charge is 0.449 e. The number of esters is 1. The van der Waals surface area contributed by atoms with Crippen molar-refractivity contribution < 1.29 is 47.3 Å². The molecule has 3 N–H and O–H groups in total. The Hall–Kier alpha value is -4.43. The number of aromatic hydroxyl groups is 2. The molecule has 2 aromatic heterocycles. The Bertz CT molecular complexity index is 1610. The third-order valence-electron chi connectivity index (χ3n) is 5.80. The first-order chi connectivity index (χ1) is 19.9. The molecule has 0 atom stereocenters.